The molecule has 4 N–H and O–H groups in total. The average molecular weight is 416 g/mol. The van der Waals surface area contributed by atoms with Gasteiger partial charge in [-0.25, -0.2) is 0 Å². The molecule has 7 heteroatoms. The Labute approximate surface area is 180 Å². The molecule has 30 heavy (non-hydrogen) atoms. The molecule has 1 aromatic rings. The number of benzene rings is 1. The molecule has 1 aromatic carbocycles. The summed E-state index contributed by atoms with van der Waals surface area (Å²) in [5.74, 6) is 3.09. The Morgan fingerprint density at radius 2 is 1.93 bits per heavy atom. The molecule has 0 amide bonds. The fraction of sp³-hybridized carbons (Fsp3) is 0.609. The monoisotopic (exact) mass is 415 g/mol. The zero-order valence-electron chi connectivity index (χ0n) is 19.0. The second-order valence-electron chi connectivity index (χ2n) is 8.61. The normalized spacial score (nSPS) is 26.0. The van der Waals surface area contributed by atoms with E-state index in [-0.39, 0.29) is 0 Å². The van der Waals surface area contributed by atoms with Crippen LogP contribution in [0.3, 0.4) is 0 Å². The molecule has 1 aliphatic carbocycles. The number of hydrogen-bond donors (Lipinski definition) is 3. The lowest BCUT2D eigenvalue weighted by Gasteiger charge is -2.42. The second kappa shape index (κ2) is 9.71. The van der Waals surface area contributed by atoms with Crippen molar-refractivity contribution in [3.8, 4) is 11.5 Å². The van der Waals surface area contributed by atoms with E-state index in [1.54, 1.807) is 14.2 Å². The summed E-state index contributed by atoms with van der Waals surface area (Å²) in [4.78, 5) is 6.62. The third-order valence-corrected chi connectivity index (χ3v) is 6.41. The number of nitrogens with zero attached hydrogens (tertiary/aromatic N) is 2. The summed E-state index contributed by atoms with van der Waals surface area (Å²) in [5.41, 5.74) is 8.84. The third kappa shape index (κ3) is 4.90. The molecule has 3 rings (SSSR count). The van der Waals surface area contributed by atoms with Gasteiger partial charge in [0, 0.05) is 43.9 Å². The van der Waals surface area contributed by atoms with Crippen molar-refractivity contribution in [1.82, 2.24) is 15.5 Å². The van der Waals surface area contributed by atoms with Crippen LogP contribution in [-0.2, 0) is 6.54 Å². The van der Waals surface area contributed by atoms with Crippen LogP contribution in [0.1, 0.15) is 36.8 Å². The molecule has 0 spiro atoms. The SMILES string of the molecule is COc1ccc(CNCC2CCC(C3(N)N=CC=C(N(C)C)N3)CC2)c(OC)c1C. The first-order valence-corrected chi connectivity index (χ1v) is 10.8. The number of rotatable bonds is 8. The standard InChI is InChI=1S/C23H37N5O2/c1-16-20(29-4)11-8-18(22(16)30-5)15-25-14-17-6-9-19(10-7-17)23(24)26-13-12-21(27-23)28(2)3/h8,11-13,17,19,25,27H,6-7,9-10,14-15,24H2,1-5H3. The van der Waals surface area contributed by atoms with Gasteiger partial charge in [-0.3, -0.25) is 10.7 Å². The van der Waals surface area contributed by atoms with Crippen LogP contribution in [0.5, 0.6) is 11.5 Å². The van der Waals surface area contributed by atoms with Gasteiger partial charge in [-0.2, -0.15) is 0 Å². The Morgan fingerprint density at radius 3 is 2.57 bits per heavy atom. The van der Waals surface area contributed by atoms with Gasteiger partial charge >= 0.3 is 0 Å². The molecule has 0 radical (unpaired) electrons. The van der Waals surface area contributed by atoms with Gasteiger partial charge < -0.3 is 25.0 Å². The molecule has 7 nitrogen and oxygen atoms in total. The van der Waals surface area contributed by atoms with E-state index in [0.717, 1.165) is 67.2 Å². The molecule has 166 valence electrons. The number of nitrogens with two attached hydrogens (primary N) is 1. The first-order valence-electron chi connectivity index (χ1n) is 10.8. The van der Waals surface area contributed by atoms with Crippen LogP contribution in [0.25, 0.3) is 0 Å². The van der Waals surface area contributed by atoms with Gasteiger partial charge in [0.1, 0.15) is 17.3 Å². The molecule has 1 heterocycles. The Kier molecular flexibility index (Phi) is 7.26. The van der Waals surface area contributed by atoms with Gasteiger partial charge in [-0.15, -0.1) is 0 Å². The summed E-state index contributed by atoms with van der Waals surface area (Å²) < 4.78 is 11.0. The molecule has 1 fully saturated rings. The molecular formula is C23H37N5O2. The molecule has 0 aromatic heterocycles. The fourth-order valence-corrected chi connectivity index (χ4v) is 4.57. The number of hydrogen-bond acceptors (Lipinski definition) is 7. The predicted octanol–water partition coefficient (Wildman–Crippen LogP) is 2.60. The van der Waals surface area contributed by atoms with Gasteiger partial charge in [0.15, 0.2) is 5.79 Å². The molecule has 1 unspecified atom stereocenters. The van der Waals surface area contributed by atoms with Crippen molar-refractivity contribution in [3.05, 3.63) is 35.2 Å². The number of ether oxygens (including phenoxy) is 2. The van der Waals surface area contributed by atoms with Crippen molar-refractivity contribution in [1.29, 1.82) is 0 Å². The lowest BCUT2D eigenvalue weighted by Crippen LogP contribution is -2.60. The van der Waals surface area contributed by atoms with E-state index in [2.05, 4.69) is 21.7 Å². The first-order chi connectivity index (χ1) is 14.4. The Balaban J connectivity index is 1.49. The fourth-order valence-electron chi connectivity index (χ4n) is 4.57. The minimum atomic E-state index is -0.694. The number of methoxy groups -OCH3 is 2. The maximum Gasteiger partial charge on any atom is 0.186 e. The van der Waals surface area contributed by atoms with Crippen molar-refractivity contribution in [2.45, 2.75) is 44.9 Å². The molecule has 0 saturated heterocycles. The van der Waals surface area contributed by atoms with Crippen molar-refractivity contribution in [2.24, 2.45) is 22.6 Å². The van der Waals surface area contributed by atoms with Crippen molar-refractivity contribution >= 4 is 6.21 Å². The maximum atomic E-state index is 6.64. The van der Waals surface area contributed by atoms with Crippen molar-refractivity contribution in [2.75, 3.05) is 34.9 Å². The van der Waals surface area contributed by atoms with Gasteiger partial charge in [0.25, 0.3) is 0 Å². The van der Waals surface area contributed by atoms with E-state index in [4.69, 9.17) is 15.2 Å². The summed E-state index contributed by atoms with van der Waals surface area (Å²) >= 11 is 0. The minimum absolute atomic E-state index is 0.345. The highest BCUT2D eigenvalue weighted by atomic mass is 16.5. The van der Waals surface area contributed by atoms with E-state index in [1.807, 2.05) is 44.3 Å². The first kappa shape index (κ1) is 22.4. The smallest absolute Gasteiger partial charge is 0.186 e. The van der Waals surface area contributed by atoms with Crippen LogP contribution >= 0.6 is 0 Å². The summed E-state index contributed by atoms with van der Waals surface area (Å²) in [7, 11) is 7.43. The zero-order valence-corrected chi connectivity index (χ0v) is 19.0. The van der Waals surface area contributed by atoms with Gasteiger partial charge in [0.2, 0.25) is 0 Å². The van der Waals surface area contributed by atoms with E-state index in [0.29, 0.717) is 11.8 Å². The summed E-state index contributed by atoms with van der Waals surface area (Å²) in [6.07, 6.45) is 8.29. The Morgan fingerprint density at radius 1 is 1.20 bits per heavy atom. The number of aliphatic imine (C=N–C) groups is 1. The number of nitrogens with one attached hydrogen (secondary N) is 2. The van der Waals surface area contributed by atoms with Crippen LogP contribution < -0.4 is 25.8 Å². The van der Waals surface area contributed by atoms with E-state index >= 15 is 0 Å². The van der Waals surface area contributed by atoms with Crippen LogP contribution in [-0.4, -0.2) is 51.8 Å². The van der Waals surface area contributed by atoms with Crippen molar-refractivity contribution in [3.63, 3.8) is 0 Å². The molecule has 1 atom stereocenters. The van der Waals surface area contributed by atoms with Gasteiger partial charge in [0.05, 0.1) is 14.2 Å². The minimum Gasteiger partial charge on any atom is -0.496 e. The largest absolute Gasteiger partial charge is 0.496 e. The molecule has 0 bridgehead atoms. The highest BCUT2D eigenvalue weighted by molar-refractivity contribution is 5.73. The van der Waals surface area contributed by atoms with Crippen molar-refractivity contribution < 1.29 is 9.47 Å². The van der Waals surface area contributed by atoms with Gasteiger partial charge in [-0.05, 0) is 57.2 Å². The lowest BCUT2D eigenvalue weighted by molar-refractivity contribution is 0.146. The summed E-state index contributed by atoms with van der Waals surface area (Å²) in [5, 5.41) is 7.06. The number of allylic oxidation sites excluding steroid dienone is 1. The van der Waals surface area contributed by atoms with E-state index < -0.39 is 5.79 Å². The van der Waals surface area contributed by atoms with Crippen LogP contribution in [0.15, 0.2) is 29.0 Å². The third-order valence-electron chi connectivity index (χ3n) is 6.41. The average Bonchev–Trinajstić information content (AvgIpc) is 2.74. The maximum absolute atomic E-state index is 6.64. The quantitative estimate of drug-likeness (QED) is 0.605. The lowest BCUT2D eigenvalue weighted by atomic mass is 9.78. The van der Waals surface area contributed by atoms with E-state index in [9.17, 15) is 0 Å². The zero-order chi connectivity index (χ0) is 21.7. The summed E-state index contributed by atoms with van der Waals surface area (Å²) in [6, 6.07) is 4.09. The Bertz CT molecular complexity index is 784. The topological polar surface area (TPSA) is 84.1 Å². The molecule has 1 saturated carbocycles. The molecule has 2 aliphatic rings. The highest BCUT2D eigenvalue weighted by Gasteiger charge is 2.38. The molecular weight excluding hydrogens is 378 g/mol. The van der Waals surface area contributed by atoms with Gasteiger partial charge in [-0.1, -0.05) is 6.07 Å². The molecule has 1 aliphatic heterocycles. The van der Waals surface area contributed by atoms with Crippen LogP contribution in [0, 0.1) is 18.8 Å². The summed E-state index contributed by atoms with van der Waals surface area (Å²) in [6.45, 7) is 3.82. The van der Waals surface area contributed by atoms with E-state index in [1.165, 1.54) is 0 Å². The van der Waals surface area contributed by atoms with Crippen LogP contribution in [0.2, 0.25) is 0 Å². The Hall–Kier alpha value is -2.25. The predicted molar refractivity (Wildman–Crippen MR) is 122 cm³/mol. The highest BCUT2D eigenvalue weighted by Crippen LogP contribution is 2.35. The second-order valence-corrected chi connectivity index (χ2v) is 8.61. The van der Waals surface area contributed by atoms with Crippen LogP contribution in [0.4, 0.5) is 0 Å².